The van der Waals surface area contributed by atoms with Gasteiger partial charge >= 0.3 is 5.97 Å². The van der Waals surface area contributed by atoms with Crippen molar-refractivity contribution in [1.29, 1.82) is 0 Å². The Labute approximate surface area is 118 Å². The lowest BCUT2D eigenvalue weighted by molar-refractivity contribution is -0.142. The highest BCUT2D eigenvalue weighted by molar-refractivity contribution is 7.92. The molecule has 1 aliphatic rings. The number of sulfonamides is 1. The van der Waals surface area contributed by atoms with Crippen molar-refractivity contribution in [1.82, 2.24) is 4.31 Å². The van der Waals surface area contributed by atoms with E-state index >= 15 is 0 Å². The third-order valence-corrected chi connectivity index (χ3v) is 4.87. The number of benzene rings is 1. The third kappa shape index (κ3) is 3.46. The summed E-state index contributed by atoms with van der Waals surface area (Å²) in [5.41, 5.74) is 0.764. The Kier molecular flexibility index (Phi) is 4.57. The van der Waals surface area contributed by atoms with Crippen LogP contribution in [0.2, 0.25) is 0 Å². The first-order valence-corrected chi connectivity index (χ1v) is 7.99. The maximum atomic E-state index is 12.2. The number of carboxylic acids is 1. The normalized spacial score (nSPS) is 21.1. The van der Waals surface area contributed by atoms with Crippen molar-refractivity contribution in [3.8, 4) is 0 Å². The van der Waals surface area contributed by atoms with Gasteiger partial charge in [-0.15, -0.1) is 0 Å². The first-order valence-electron chi connectivity index (χ1n) is 6.48. The molecule has 1 aliphatic heterocycles. The van der Waals surface area contributed by atoms with Gasteiger partial charge < -0.3 is 5.11 Å². The molecule has 5 nitrogen and oxygen atoms in total. The second-order valence-electron chi connectivity index (χ2n) is 4.72. The number of aliphatic carboxylic acids is 1. The summed E-state index contributed by atoms with van der Waals surface area (Å²) in [4.78, 5) is 11.2. The highest BCUT2D eigenvalue weighted by Gasteiger charge is 2.35. The molecule has 1 heterocycles. The van der Waals surface area contributed by atoms with Crippen LogP contribution in [0.15, 0.2) is 35.7 Å². The van der Waals surface area contributed by atoms with Gasteiger partial charge in [-0.3, -0.25) is 4.79 Å². The zero-order chi connectivity index (χ0) is 14.6. The summed E-state index contributed by atoms with van der Waals surface area (Å²) >= 11 is 0. The number of rotatable bonds is 4. The molecular formula is C14H17NO4S. The number of hydrogen-bond acceptors (Lipinski definition) is 3. The molecule has 1 aromatic rings. The first kappa shape index (κ1) is 14.7. The number of carbonyl (C=O) groups is 1. The largest absolute Gasteiger partial charge is 0.480 e. The highest BCUT2D eigenvalue weighted by atomic mass is 32.2. The Hall–Kier alpha value is -1.66. The number of nitrogens with zero attached hydrogens (tertiary/aromatic N) is 1. The molecule has 0 spiro atoms. The van der Waals surface area contributed by atoms with Crippen LogP contribution in [0.25, 0.3) is 6.08 Å². The zero-order valence-electron chi connectivity index (χ0n) is 11.0. The van der Waals surface area contributed by atoms with Crippen molar-refractivity contribution < 1.29 is 18.3 Å². The van der Waals surface area contributed by atoms with Crippen LogP contribution in [0.1, 0.15) is 24.8 Å². The average molecular weight is 295 g/mol. The minimum atomic E-state index is -3.70. The zero-order valence-corrected chi connectivity index (χ0v) is 11.8. The SMILES string of the molecule is O=C(O)C1CCCCN1S(=O)(=O)/C=C/c1ccccc1. The van der Waals surface area contributed by atoms with Crippen molar-refractivity contribution in [3.05, 3.63) is 41.3 Å². The summed E-state index contributed by atoms with van der Waals surface area (Å²) in [5, 5.41) is 10.2. The predicted octanol–water partition coefficient (Wildman–Crippen LogP) is 1.93. The molecule has 0 saturated carbocycles. The van der Waals surface area contributed by atoms with Crippen LogP contribution in [0.5, 0.6) is 0 Å². The molecule has 0 aromatic heterocycles. The van der Waals surface area contributed by atoms with Gasteiger partial charge in [0.25, 0.3) is 0 Å². The molecule has 1 unspecified atom stereocenters. The van der Waals surface area contributed by atoms with Gasteiger partial charge in [0.15, 0.2) is 0 Å². The van der Waals surface area contributed by atoms with Crippen molar-refractivity contribution >= 4 is 22.1 Å². The minimum absolute atomic E-state index is 0.262. The molecule has 1 N–H and O–H groups in total. The molecule has 1 saturated heterocycles. The molecule has 108 valence electrons. The molecule has 6 heteroatoms. The number of piperidine rings is 1. The molecule has 2 rings (SSSR count). The predicted molar refractivity (Wildman–Crippen MR) is 76.4 cm³/mol. The minimum Gasteiger partial charge on any atom is -0.480 e. The summed E-state index contributed by atoms with van der Waals surface area (Å²) in [6, 6.07) is 8.10. The van der Waals surface area contributed by atoms with Gasteiger partial charge in [0.1, 0.15) is 6.04 Å². The monoisotopic (exact) mass is 295 g/mol. The third-order valence-electron chi connectivity index (χ3n) is 3.30. The lowest BCUT2D eigenvalue weighted by Gasteiger charge is -2.30. The topological polar surface area (TPSA) is 74.7 Å². The molecule has 20 heavy (non-hydrogen) atoms. The van der Waals surface area contributed by atoms with Gasteiger partial charge in [-0.05, 0) is 30.9 Å². The summed E-state index contributed by atoms with van der Waals surface area (Å²) in [6.07, 6.45) is 3.30. The van der Waals surface area contributed by atoms with E-state index in [0.29, 0.717) is 12.8 Å². The van der Waals surface area contributed by atoms with Crippen molar-refractivity contribution in [3.63, 3.8) is 0 Å². The van der Waals surface area contributed by atoms with E-state index in [1.807, 2.05) is 18.2 Å². The molecule has 1 fully saturated rings. The molecule has 0 bridgehead atoms. The Balaban J connectivity index is 2.20. The van der Waals surface area contributed by atoms with E-state index in [1.54, 1.807) is 12.1 Å². The van der Waals surface area contributed by atoms with E-state index in [0.717, 1.165) is 21.7 Å². The van der Waals surface area contributed by atoms with E-state index in [-0.39, 0.29) is 6.54 Å². The Morgan fingerprint density at radius 3 is 2.60 bits per heavy atom. The molecular weight excluding hydrogens is 278 g/mol. The smallest absolute Gasteiger partial charge is 0.322 e. The van der Waals surface area contributed by atoms with Gasteiger partial charge in [0.2, 0.25) is 10.0 Å². The van der Waals surface area contributed by atoms with E-state index < -0.39 is 22.0 Å². The number of carboxylic acid groups (broad SMARTS) is 1. The van der Waals surface area contributed by atoms with Crippen molar-refractivity contribution in [2.45, 2.75) is 25.3 Å². The summed E-state index contributed by atoms with van der Waals surface area (Å²) in [7, 11) is -3.70. The van der Waals surface area contributed by atoms with Crippen molar-refractivity contribution in [2.24, 2.45) is 0 Å². The van der Waals surface area contributed by atoms with E-state index in [9.17, 15) is 13.2 Å². The van der Waals surface area contributed by atoms with Gasteiger partial charge in [0, 0.05) is 12.0 Å². The maximum Gasteiger partial charge on any atom is 0.322 e. The van der Waals surface area contributed by atoms with Crippen LogP contribution in [-0.4, -0.2) is 36.4 Å². The Morgan fingerprint density at radius 1 is 1.25 bits per heavy atom. The quantitative estimate of drug-likeness (QED) is 0.921. The van der Waals surface area contributed by atoms with E-state index in [4.69, 9.17) is 5.11 Å². The van der Waals surface area contributed by atoms with Crippen LogP contribution in [-0.2, 0) is 14.8 Å². The lowest BCUT2D eigenvalue weighted by Crippen LogP contribution is -2.47. The fraction of sp³-hybridized carbons (Fsp3) is 0.357. The Morgan fingerprint density at radius 2 is 1.95 bits per heavy atom. The number of hydrogen-bond donors (Lipinski definition) is 1. The second kappa shape index (κ2) is 6.19. The molecule has 0 amide bonds. The first-order chi connectivity index (χ1) is 9.50. The van der Waals surface area contributed by atoms with Crippen molar-refractivity contribution in [2.75, 3.05) is 6.54 Å². The van der Waals surface area contributed by atoms with E-state index in [2.05, 4.69) is 0 Å². The van der Waals surface area contributed by atoms with Crippen LogP contribution >= 0.6 is 0 Å². The summed E-state index contributed by atoms with van der Waals surface area (Å²) < 4.78 is 25.6. The molecule has 1 atom stereocenters. The fourth-order valence-electron chi connectivity index (χ4n) is 2.26. The van der Waals surface area contributed by atoms with Gasteiger partial charge in [-0.2, -0.15) is 4.31 Å². The fourth-order valence-corrected chi connectivity index (χ4v) is 3.68. The Bertz CT molecular complexity index is 595. The van der Waals surface area contributed by atoms with Gasteiger partial charge in [-0.25, -0.2) is 8.42 Å². The van der Waals surface area contributed by atoms with Crippen LogP contribution < -0.4 is 0 Å². The van der Waals surface area contributed by atoms with Gasteiger partial charge in [0.05, 0.1) is 0 Å². The average Bonchev–Trinajstić information content (AvgIpc) is 2.46. The second-order valence-corrected chi connectivity index (χ2v) is 6.49. The molecule has 0 radical (unpaired) electrons. The molecule has 1 aromatic carbocycles. The standard InChI is InChI=1S/C14H17NO4S/c16-14(17)13-8-4-5-10-15(13)20(18,19)11-9-12-6-2-1-3-7-12/h1-3,6-7,9,11,13H,4-5,8,10H2,(H,16,17)/b11-9+. The lowest BCUT2D eigenvalue weighted by atomic mass is 10.1. The highest BCUT2D eigenvalue weighted by Crippen LogP contribution is 2.22. The summed E-state index contributed by atoms with van der Waals surface area (Å²) in [6.45, 7) is 0.262. The van der Waals surface area contributed by atoms with Crippen LogP contribution in [0, 0.1) is 0 Å². The summed E-state index contributed by atoms with van der Waals surface area (Å²) in [5.74, 6) is -1.08. The maximum absolute atomic E-state index is 12.2. The van der Waals surface area contributed by atoms with Crippen LogP contribution in [0.3, 0.4) is 0 Å². The molecule has 0 aliphatic carbocycles. The van der Waals surface area contributed by atoms with Crippen LogP contribution in [0.4, 0.5) is 0 Å². The van der Waals surface area contributed by atoms with Gasteiger partial charge in [-0.1, -0.05) is 30.3 Å². The van der Waals surface area contributed by atoms with E-state index in [1.165, 1.54) is 6.08 Å².